The van der Waals surface area contributed by atoms with Crippen LogP contribution in [0.4, 0.5) is 0 Å². The average Bonchev–Trinajstić information content (AvgIpc) is 2.17. The van der Waals surface area contributed by atoms with Crippen molar-refractivity contribution in [3.8, 4) is 5.75 Å². The van der Waals surface area contributed by atoms with E-state index in [1.165, 1.54) is 10.8 Å². The third kappa shape index (κ3) is 2.12. The van der Waals surface area contributed by atoms with Gasteiger partial charge < -0.3 is 4.74 Å². The Bertz CT molecular complexity index is 472. The quantitative estimate of drug-likeness (QED) is 0.714. The number of benzene rings is 2. The van der Waals surface area contributed by atoms with E-state index in [2.05, 4.69) is 25.1 Å². The average molecular weight is 199 g/mol. The lowest BCUT2D eigenvalue weighted by atomic mass is 10.1. The number of ether oxygens (including phenoxy) is 1. The van der Waals surface area contributed by atoms with E-state index in [1.807, 2.05) is 32.0 Å². The summed E-state index contributed by atoms with van der Waals surface area (Å²) in [6.07, 6.45) is 0.213. The van der Waals surface area contributed by atoms with E-state index in [9.17, 15) is 0 Å². The lowest BCUT2D eigenvalue weighted by Gasteiger charge is -2.10. The zero-order valence-corrected chi connectivity index (χ0v) is 9.16. The second-order valence-corrected chi connectivity index (χ2v) is 3.97. The lowest BCUT2D eigenvalue weighted by Crippen LogP contribution is -2.05. The molecule has 0 heterocycles. The van der Waals surface area contributed by atoms with Gasteiger partial charge in [0.2, 0.25) is 0 Å². The van der Waals surface area contributed by atoms with Crippen LogP contribution in [0.2, 0.25) is 0 Å². The smallest absolute Gasteiger partial charge is 0.120 e. The number of hydrogen-bond donors (Lipinski definition) is 0. The molecule has 77 valence electrons. The summed E-state index contributed by atoms with van der Waals surface area (Å²) in [7, 11) is 0. The summed E-state index contributed by atoms with van der Waals surface area (Å²) < 4.78 is 5.64. The first-order valence-electron chi connectivity index (χ1n) is 5.18. The van der Waals surface area contributed by atoms with Gasteiger partial charge in [0.15, 0.2) is 0 Å². The first kappa shape index (κ1) is 10.0. The minimum atomic E-state index is 0.213. The molecule has 0 unspecified atom stereocenters. The summed E-state index contributed by atoms with van der Waals surface area (Å²) in [5, 5.41) is 2.37. The molecule has 0 N–H and O–H groups in total. The molecule has 1 radical (unpaired) electrons. The van der Waals surface area contributed by atoms with Crippen molar-refractivity contribution in [2.24, 2.45) is 0 Å². The molecular formula is C14H15O. The van der Waals surface area contributed by atoms with E-state index in [-0.39, 0.29) is 6.10 Å². The molecule has 1 heteroatoms. The van der Waals surface area contributed by atoms with Gasteiger partial charge in [0, 0.05) is 0 Å². The van der Waals surface area contributed by atoms with Crippen LogP contribution < -0.4 is 4.74 Å². The molecule has 2 rings (SSSR count). The van der Waals surface area contributed by atoms with Crippen LogP contribution >= 0.6 is 0 Å². The van der Waals surface area contributed by atoms with E-state index < -0.39 is 0 Å². The molecule has 2 aromatic rings. The largest absolute Gasteiger partial charge is 0.491 e. The fraction of sp³-hybridized carbons (Fsp3) is 0.214. The summed E-state index contributed by atoms with van der Waals surface area (Å²) in [6.45, 7) is 8.06. The molecule has 0 saturated carbocycles. The van der Waals surface area contributed by atoms with Crippen LogP contribution in [0.25, 0.3) is 10.8 Å². The van der Waals surface area contributed by atoms with Crippen LogP contribution in [-0.4, -0.2) is 6.10 Å². The summed E-state index contributed by atoms with van der Waals surface area (Å²) in [5.41, 5.74) is 1.06. The van der Waals surface area contributed by atoms with Gasteiger partial charge in [-0.15, -0.1) is 0 Å². The Kier molecular flexibility index (Phi) is 2.63. The van der Waals surface area contributed by atoms with Gasteiger partial charge in [0.25, 0.3) is 0 Å². The molecule has 0 saturated heterocycles. The predicted molar refractivity (Wildman–Crippen MR) is 64.2 cm³/mol. The molecule has 1 nitrogen and oxygen atoms in total. The standard InChI is InChI=1S/C14H15O/c1-10(2)15-13-7-8-14-11(3)5-4-6-12(14)9-13/h4-10H,3H2,1-2H3. The maximum Gasteiger partial charge on any atom is 0.120 e. The third-order valence-corrected chi connectivity index (χ3v) is 2.31. The summed E-state index contributed by atoms with van der Waals surface area (Å²) in [4.78, 5) is 0. The molecule has 0 amide bonds. The van der Waals surface area contributed by atoms with Gasteiger partial charge in [-0.05, 0) is 49.2 Å². The van der Waals surface area contributed by atoms with Gasteiger partial charge in [-0.25, -0.2) is 0 Å². The normalized spacial score (nSPS) is 10.9. The molecule has 0 bridgehead atoms. The Hall–Kier alpha value is -1.50. The number of fused-ring (bicyclic) bond motifs is 1. The van der Waals surface area contributed by atoms with Crippen molar-refractivity contribution < 1.29 is 4.74 Å². The third-order valence-electron chi connectivity index (χ3n) is 2.31. The van der Waals surface area contributed by atoms with Crippen molar-refractivity contribution in [2.45, 2.75) is 20.0 Å². The maximum atomic E-state index is 5.64. The molecule has 0 aliphatic carbocycles. The molecule has 0 fully saturated rings. The molecule has 0 atom stereocenters. The van der Waals surface area contributed by atoms with Crippen LogP contribution in [0.5, 0.6) is 5.75 Å². The van der Waals surface area contributed by atoms with E-state index >= 15 is 0 Å². The Labute approximate surface area is 90.7 Å². The first-order chi connectivity index (χ1) is 7.16. The van der Waals surface area contributed by atoms with E-state index in [0.717, 1.165) is 11.3 Å². The zero-order valence-electron chi connectivity index (χ0n) is 9.16. The fourth-order valence-corrected chi connectivity index (χ4v) is 1.67. The van der Waals surface area contributed by atoms with Crippen LogP contribution in [-0.2, 0) is 0 Å². The Morgan fingerprint density at radius 1 is 1.13 bits per heavy atom. The second kappa shape index (κ2) is 3.93. The molecule has 0 spiro atoms. The topological polar surface area (TPSA) is 9.23 Å². The molecule has 15 heavy (non-hydrogen) atoms. The summed E-state index contributed by atoms with van der Waals surface area (Å²) in [6, 6.07) is 12.2. The van der Waals surface area contributed by atoms with Gasteiger partial charge in [-0.3, -0.25) is 0 Å². The van der Waals surface area contributed by atoms with Crippen LogP contribution in [0.15, 0.2) is 36.4 Å². The van der Waals surface area contributed by atoms with E-state index in [1.54, 1.807) is 0 Å². The SMILES string of the molecule is [CH2]c1cccc2cc(OC(C)C)ccc12. The summed E-state index contributed by atoms with van der Waals surface area (Å²) in [5.74, 6) is 0.920. The van der Waals surface area contributed by atoms with Crippen LogP contribution in [0.1, 0.15) is 19.4 Å². The maximum absolute atomic E-state index is 5.64. The molecule has 0 aliphatic rings. The van der Waals surface area contributed by atoms with Crippen molar-refractivity contribution in [1.82, 2.24) is 0 Å². The number of hydrogen-bond acceptors (Lipinski definition) is 1. The van der Waals surface area contributed by atoms with Crippen molar-refractivity contribution in [3.63, 3.8) is 0 Å². The monoisotopic (exact) mass is 199 g/mol. The first-order valence-corrected chi connectivity index (χ1v) is 5.18. The van der Waals surface area contributed by atoms with Gasteiger partial charge in [0.1, 0.15) is 5.75 Å². The van der Waals surface area contributed by atoms with Crippen molar-refractivity contribution in [1.29, 1.82) is 0 Å². The van der Waals surface area contributed by atoms with Crippen molar-refractivity contribution >= 4 is 10.8 Å². The van der Waals surface area contributed by atoms with Crippen LogP contribution in [0, 0.1) is 6.92 Å². The number of rotatable bonds is 2. The Morgan fingerprint density at radius 3 is 2.67 bits per heavy atom. The Morgan fingerprint density at radius 2 is 1.93 bits per heavy atom. The highest BCUT2D eigenvalue weighted by atomic mass is 16.5. The van der Waals surface area contributed by atoms with Gasteiger partial charge in [0.05, 0.1) is 6.10 Å². The van der Waals surface area contributed by atoms with Gasteiger partial charge in [-0.2, -0.15) is 0 Å². The second-order valence-electron chi connectivity index (χ2n) is 3.97. The van der Waals surface area contributed by atoms with Crippen molar-refractivity contribution in [2.75, 3.05) is 0 Å². The molecule has 0 aromatic heterocycles. The van der Waals surface area contributed by atoms with Gasteiger partial charge >= 0.3 is 0 Å². The highest BCUT2D eigenvalue weighted by Crippen LogP contribution is 2.23. The van der Waals surface area contributed by atoms with E-state index in [0.29, 0.717) is 0 Å². The predicted octanol–water partition coefficient (Wildman–Crippen LogP) is 3.81. The molecule has 2 aromatic carbocycles. The zero-order chi connectivity index (χ0) is 10.8. The fourth-order valence-electron chi connectivity index (χ4n) is 1.67. The lowest BCUT2D eigenvalue weighted by molar-refractivity contribution is 0.243. The minimum absolute atomic E-state index is 0.213. The van der Waals surface area contributed by atoms with Crippen molar-refractivity contribution in [3.05, 3.63) is 48.9 Å². The van der Waals surface area contributed by atoms with Gasteiger partial charge in [-0.1, -0.05) is 24.3 Å². The Balaban J connectivity index is 2.48. The highest BCUT2D eigenvalue weighted by molar-refractivity contribution is 5.87. The molecule has 0 aliphatic heterocycles. The summed E-state index contributed by atoms with van der Waals surface area (Å²) >= 11 is 0. The minimum Gasteiger partial charge on any atom is -0.491 e. The van der Waals surface area contributed by atoms with E-state index in [4.69, 9.17) is 4.74 Å². The molecular weight excluding hydrogens is 184 g/mol. The van der Waals surface area contributed by atoms with Crippen LogP contribution in [0.3, 0.4) is 0 Å². The highest BCUT2D eigenvalue weighted by Gasteiger charge is 2.00.